The molecule has 112 valence electrons. The van der Waals surface area contributed by atoms with Crippen LogP contribution < -0.4 is 10.0 Å². The number of alkyl carbamates (subject to hydrolysis) is 1. The molecule has 0 aromatic carbocycles. The lowest BCUT2D eigenvalue weighted by Crippen LogP contribution is -2.49. The van der Waals surface area contributed by atoms with E-state index < -0.39 is 33.7 Å². The summed E-state index contributed by atoms with van der Waals surface area (Å²) in [6.45, 7) is 4.77. The summed E-state index contributed by atoms with van der Waals surface area (Å²) in [5.74, 6) is -0.804. The molecule has 2 N–H and O–H groups in total. The third-order valence-corrected chi connectivity index (χ3v) is 2.40. The van der Waals surface area contributed by atoms with Gasteiger partial charge < -0.3 is 14.8 Å². The second kappa shape index (κ2) is 6.71. The van der Waals surface area contributed by atoms with Crippen molar-refractivity contribution in [2.24, 2.45) is 0 Å². The smallest absolute Gasteiger partial charge is 0.407 e. The normalized spacial score (nSPS) is 13.5. The van der Waals surface area contributed by atoms with Crippen LogP contribution in [0, 0.1) is 0 Å². The van der Waals surface area contributed by atoms with Gasteiger partial charge in [-0.25, -0.2) is 13.2 Å². The summed E-state index contributed by atoms with van der Waals surface area (Å²) in [4.78, 5) is 22.7. The zero-order chi connectivity index (χ0) is 15.3. The summed E-state index contributed by atoms with van der Waals surface area (Å²) < 4.78 is 33.6. The van der Waals surface area contributed by atoms with Crippen LogP contribution in [-0.4, -0.2) is 52.0 Å². The minimum atomic E-state index is -3.60. The standard InChI is InChI=1S/C10H20N2O6S/c1-10(2,3)18-9(14)11-6-7(8(13)17-4)12-19(5,15)16/h7,12H,6H2,1-5H3,(H,11,14)/t7-/m0/s1. The topological polar surface area (TPSA) is 111 Å². The molecule has 9 heteroatoms. The number of sulfonamides is 1. The van der Waals surface area contributed by atoms with Crippen LogP contribution in [0.3, 0.4) is 0 Å². The van der Waals surface area contributed by atoms with Crippen LogP contribution in [0.25, 0.3) is 0 Å². The predicted molar refractivity (Wildman–Crippen MR) is 68.0 cm³/mol. The molecular weight excluding hydrogens is 276 g/mol. The fourth-order valence-electron chi connectivity index (χ4n) is 1.07. The average molecular weight is 296 g/mol. The molecule has 0 heterocycles. The molecule has 1 atom stereocenters. The molecule has 0 fully saturated rings. The molecule has 0 radical (unpaired) electrons. The van der Waals surface area contributed by atoms with Crippen molar-refractivity contribution in [3.8, 4) is 0 Å². The average Bonchev–Trinajstić information content (AvgIpc) is 2.19. The largest absolute Gasteiger partial charge is 0.468 e. The maximum atomic E-state index is 11.4. The number of rotatable bonds is 5. The number of amides is 1. The van der Waals surface area contributed by atoms with Crippen molar-refractivity contribution in [3.63, 3.8) is 0 Å². The Hall–Kier alpha value is -1.35. The number of carbonyl (C=O) groups excluding carboxylic acids is 2. The van der Waals surface area contributed by atoms with Gasteiger partial charge in [0.15, 0.2) is 0 Å². The Morgan fingerprint density at radius 2 is 1.79 bits per heavy atom. The van der Waals surface area contributed by atoms with E-state index in [9.17, 15) is 18.0 Å². The van der Waals surface area contributed by atoms with Crippen molar-refractivity contribution >= 4 is 22.1 Å². The third-order valence-electron chi connectivity index (χ3n) is 1.69. The fourth-order valence-corrected chi connectivity index (χ4v) is 1.77. The first-order valence-electron chi connectivity index (χ1n) is 5.46. The van der Waals surface area contributed by atoms with Gasteiger partial charge in [-0.3, -0.25) is 4.79 Å². The van der Waals surface area contributed by atoms with Gasteiger partial charge in [0.2, 0.25) is 10.0 Å². The lowest BCUT2D eigenvalue weighted by molar-refractivity contribution is -0.142. The van der Waals surface area contributed by atoms with Crippen molar-refractivity contribution in [2.75, 3.05) is 19.9 Å². The summed E-state index contributed by atoms with van der Waals surface area (Å²) in [6.07, 6.45) is 0.146. The zero-order valence-electron chi connectivity index (χ0n) is 11.6. The fraction of sp³-hybridized carbons (Fsp3) is 0.800. The van der Waals surface area contributed by atoms with Crippen LogP contribution in [0.15, 0.2) is 0 Å². The van der Waals surface area contributed by atoms with Crippen LogP contribution in [-0.2, 0) is 24.3 Å². The van der Waals surface area contributed by atoms with Crippen LogP contribution in [0.4, 0.5) is 4.79 Å². The summed E-state index contributed by atoms with van der Waals surface area (Å²) in [6, 6.07) is -1.20. The molecule has 0 spiro atoms. The maximum Gasteiger partial charge on any atom is 0.407 e. The highest BCUT2D eigenvalue weighted by atomic mass is 32.2. The Bertz CT molecular complexity index is 426. The SMILES string of the molecule is COC(=O)[C@H](CNC(=O)OC(C)(C)C)NS(C)(=O)=O. The van der Waals surface area contributed by atoms with Crippen molar-refractivity contribution in [1.82, 2.24) is 10.0 Å². The quantitative estimate of drug-likeness (QED) is 0.668. The van der Waals surface area contributed by atoms with E-state index in [0.29, 0.717) is 0 Å². The Balaban J connectivity index is 4.51. The molecule has 0 aromatic heterocycles. The van der Waals surface area contributed by atoms with Gasteiger partial charge in [0.05, 0.1) is 13.4 Å². The molecule has 0 bridgehead atoms. The van der Waals surface area contributed by atoms with E-state index in [0.717, 1.165) is 13.4 Å². The molecule has 0 rings (SSSR count). The predicted octanol–water partition coefficient (Wildman–Crippen LogP) is -0.398. The highest BCUT2D eigenvalue weighted by Gasteiger charge is 2.24. The van der Waals surface area contributed by atoms with Crippen LogP contribution >= 0.6 is 0 Å². The number of esters is 1. The zero-order valence-corrected chi connectivity index (χ0v) is 12.5. The van der Waals surface area contributed by atoms with E-state index in [4.69, 9.17) is 4.74 Å². The summed E-state index contributed by atoms with van der Waals surface area (Å²) in [5, 5.41) is 2.29. The second-order valence-corrected chi connectivity index (χ2v) is 6.63. The molecule has 1 amide bonds. The number of nitrogens with one attached hydrogen (secondary N) is 2. The van der Waals surface area contributed by atoms with Gasteiger partial charge in [0.25, 0.3) is 0 Å². The van der Waals surface area contributed by atoms with Gasteiger partial charge in [0.1, 0.15) is 11.6 Å². The van der Waals surface area contributed by atoms with Gasteiger partial charge in [-0.05, 0) is 20.8 Å². The van der Waals surface area contributed by atoms with E-state index in [2.05, 4.69) is 14.8 Å². The van der Waals surface area contributed by atoms with Crippen LogP contribution in [0.1, 0.15) is 20.8 Å². The van der Waals surface area contributed by atoms with Crippen LogP contribution in [0.2, 0.25) is 0 Å². The Kier molecular flexibility index (Phi) is 6.23. The van der Waals surface area contributed by atoms with E-state index in [1.54, 1.807) is 20.8 Å². The molecule has 19 heavy (non-hydrogen) atoms. The number of hydrogen-bond acceptors (Lipinski definition) is 6. The second-order valence-electron chi connectivity index (χ2n) is 4.85. The molecule has 0 aliphatic rings. The summed E-state index contributed by atoms with van der Waals surface area (Å²) in [7, 11) is -2.49. The highest BCUT2D eigenvalue weighted by Crippen LogP contribution is 2.06. The molecule has 0 aliphatic carbocycles. The monoisotopic (exact) mass is 296 g/mol. The lowest BCUT2D eigenvalue weighted by atomic mass is 10.2. The first kappa shape index (κ1) is 17.6. The lowest BCUT2D eigenvalue weighted by Gasteiger charge is -2.21. The molecule has 0 unspecified atom stereocenters. The van der Waals surface area contributed by atoms with Gasteiger partial charge in [0, 0.05) is 6.54 Å². The first-order valence-corrected chi connectivity index (χ1v) is 7.36. The third kappa shape index (κ3) is 9.25. The number of ether oxygens (including phenoxy) is 2. The van der Waals surface area contributed by atoms with E-state index in [1.807, 2.05) is 0 Å². The summed E-state index contributed by atoms with van der Waals surface area (Å²) in [5.41, 5.74) is -0.685. The Morgan fingerprint density at radius 3 is 2.16 bits per heavy atom. The molecule has 0 aromatic rings. The molecule has 8 nitrogen and oxygen atoms in total. The van der Waals surface area contributed by atoms with Crippen molar-refractivity contribution < 1.29 is 27.5 Å². The van der Waals surface area contributed by atoms with Gasteiger partial charge in [-0.2, -0.15) is 4.72 Å². The number of hydrogen-bond donors (Lipinski definition) is 2. The first-order chi connectivity index (χ1) is 8.44. The van der Waals surface area contributed by atoms with E-state index >= 15 is 0 Å². The highest BCUT2D eigenvalue weighted by molar-refractivity contribution is 7.88. The number of carbonyl (C=O) groups is 2. The maximum absolute atomic E-state index is 11.4. The molecular formula is C10H20N2O6S. The molecule has 0 aliphatic heterocycles. The van der Waals surface area contributed by atoms with Crippen molar-refractivity contribution in [2.45, 2.75) is 32.4 Å². The van der Waals surface area contributed by atoms with E-state index in [-0.39, 0.29) is 6.54 Å². The minimum absolute atomic E-state index is 0.269. The summed E-state index contributed by atoms with van der Waals surface area (Å²) >= 11 is 0. The minimum Gasteiger partial charge on any atom is -0.468 e. The van der Waals surface area contributed by atoms with Gasteiger partial charge in [-0.15, -0.1) is 0 Å². The van der Waals surface area contributed by atoms with Crippen LogP contribution in [0.5, 0.6) is 0 Å². The van der Waals surface area contributed by atoms with Crippen molar-refractivity contribution in [1.29, 1.82) is 0 Å². The van der Waals surface area contributed by atoms with Gasteiger partial charge in [-0.1, -0.05) is 0 Å². The number of methoxy groups -OCH3 is 1. The Morgan fingerprint density at radius 1 is 1.26 bits per heavy atom. The molecule has 0 saturated carbocycles. The van der Waals surface area contributed by atoms with Gasteiger partial charge >= 0.3 is 12.1 Å². The van der Waals surface area contributed by atoms with E-state index in [1.165, 1.54) is 0 Å². The Labute approximate surface area is 112 Å². The van der Waals surface area contributed by atoms with Crippen molar-refractivity contribution in [3.05, 3.63) is 0 Å². The molecule has 0 saturated heterocycles.